The fourth-order valence-electron chi connectivity index (χ4n) is 9.38. The lowest BCUT2D eigenvalue weighted by molar-refractivity contribution is -0.303. The topological polar surface area (TPSA) is 189 Å². The number of hydrogen-bond donors (Lipinski definition) is 8. The van der Waals surface area contributed by atoms with Gasteiger partial charge in [0, 0.05) is 0 Å². The molecule has 11 nitrogen and oxygen atoms in total. The van der Waals surface area contributed by atoms with E-state index >= 15 is 0 Å². The van der Waals surface area contributed by atoms with Crippen LogP contribution in [-0.2, 0) is 14.3 Å². The molecule has 0 aromatic carbocycles. The Kier molecular flexibility index (Phi) is 43.8. The predicted molar refractivity (Wildman–Crippen MR) is 275 cm³/mol. The van der Waals surface area contributed by atoms with E-state index in [0.717, 1.165) is 44.9 Å². The zero-order valence-corrected chi connectivity index (χ0v) is 43.4. The number of aliphatic hydroxyl groups is 7. The Labute approximate surface area is 411 Å². The van der Waals surface area contributed by atoms with Crippen LogP contribution in [0, 0.1) is 0 Å². The fourth-order valence-corrected chi connectivity index (χ4v) is 9.38. The van der Waals surface area contributed by atoms with Gasteiger partial charge in [0.25, 0.3) is 0 Å². The van der Waals surface area contributed by atoms with Crippen molar-refractivity contribution >= 4 is 5.91 Å². The summed E-state index contributed by atoms with van der Waals surface area (Å²) < 4.78 is 11.1. The second-order valence-corrected chi connectivity index (χ2v) is 20.4. The number of aliphatic hydroxyl groups excluding tert-OH is 7. The molecular weight excluding hydrogens is 847 g/mol. The SMILES string of the molecule is CCCCCCCCCCCCCC/C=C\CCCCCCCCCCC(O)C(=O)NC(COC1OC(CO)C(O)C(O)C1O)C(O)C(O)CCCCCCCCCCCCCCCCCC. The normalized spacial score (nSPS) is 20.6. The lowest BCUT2D eigenvalue weighted by Crippen LogP contribution is -2.60. The second kappa shape index (κ2) is 46.0. The van der Waals surface area contributed by atoms with Crippen molar-refractivity contribution < 1.29 is 50.0 Å². The molecule has 0 aliphatic carbocycles. The minimum atomic E-state index is -1.66. The van der Waals surface area contributed by atoms with Crippen molar-refractivity contribution in [3.63, 3.8) is 0 Å². The van der Waals surface area contributed by atoms with E-state index in [1.165, 1.54) is 186 Å². The molecule has 0 spiro atoms. The Morgan fingerprint density at radius 3 is 1.25 bits per heavy atom. The van der Waals surface area contributed by atoms with Gasteiger partial charge in [0.1, 0.15) is 36.6 Å². The zero-order chi connectivity index (χ0) is 49.0. The van der Waals surface area contributed by atoms with Crippen molar-refractivity contribution in [2.45, 2.75) is 326 Å². The number of ether oxygens (including phenoxy) is 2. The highest BCUT2D eigenvalue weighted by Gasteiger charge is 2.44. The first-order valence-electron chi connectivity index (χ1n) is 28.6. The maximum absolute atomic E-state index is 13.2. The maximum atomic E-state index is 13.2. The summed E-state index contributed by atoms with van der Waals surface area (Å²) in [7, 11) is 0. The first-order valence-corrected chi connectivity index (χ1v) is 28.6. The van der Waals surface area contributed by atoms with Crippen LogP contribution < -0.4 is 5.32 Å². The highest BCUT2D eigenvalue weighted by molar-refractivity contribution is 5.80. The van der Waals surface area contributed by atoms with Crippen molar-refractivity contribution in [1.29, 1.82) is 0 Å². The van der Waals surface area contributed by atoms with Gasteiger partial charge in [0.15, 0.2) is 6.29 Å². The number of amides is 1. The molecule has 67 heavy (non-hydrogen) atoms. The largest absolute Gasteiger partial charge is 0.394 e. The molecule has 398 valence electrons. The van der Waals surface area contributed by atoms with Crippen LogP contribution in [0.1, 0.15) is 271 Å². The molecule has 1 aliphatic rings. The fraction of sp³-hybridized carbons (Fsp3) is 0.946. The standard InChI is InChI=1S/C56H109NO10/c1-3-5-7-9-11-13-15-17-19-21-22-23-24-25-26-27-28-30-32-34-36-38-40-42-44-49(60)55(65)57-47(46-66-56-54(64)53(63)52(62)50(45-58)67-56)51(61)48(59)43-41-39-37-35-33-31-29-20-18-16-14-12-10-8-6-4-2/h25-26,47-54,56,58-64H,3-24,27-46H2,1-2H3,(H,57,65)/b26-25-. The Morgan fingerprint density at radius 1 is 0.507 bits per heavy atom. The van der Waals surface area contributed by atoms with Crippen molar-refractivity contribution in [3.8, 4) is 0 Å². The van der Waals surface area contributed by atoms with Crippen molar-refractivity contribution in [3.05, 3.63) is 12.2 Å². The van der Waals surface area contributed by atoms with E-state index in [0.29, 0.717) is 19.3 Å². The number of hydrogen-bond acceptors (Lipinski definition) is 10. The van der Waals surface area contributed by atoms with E-state index in [9.17, 15) is 40.5 Å². The van der Waals surface area contributed by atoms with Gasteiger partial charge in [-0.2, -0.15) is 0 Å². The summed E-state index contributed by atoms with van der Waals surface area (Å²) in [5, 5.41) is 76.1. The molecule has 1 rings (SSSR count). The average Bonchev–Trinajstić information content (AvgIpc) is 3.33. The monoisotopic (exact) mass is 956 g/mol. The summed E-state index contributed by atoms with van der Waals surface area (Å²) in [4.78, 5) is 13.2. The lowest BCUT2D eigenvalue weighted by Gasteiger charge is -2.40. The number of carbonyl (C=O) groups excluding carboxylic acids is 1. The van der Waals surface area contributed by atoms with Crippen LogP contribution in [0.15, 0.2) is 12.2 Å². The molecule has 1 fully saturated rings. The highest BCUT2D eigenvalue weighted by atomic mass is 16.7. The van der Waals surface area contributed by atoms with Gasteiger partial charge in [-0.3, -0.25) is 4.79 Å². The molecule has 0 radical (unpaired) electrons. The average molecular weight is 956 g/mol. The van der Waals surface area contributed by atoms with Gasteiger partial charge in [-0.05, 0) is 38.5 Å². The van der Waals surface area contributed by atoms with Crippen LogP contribution in [0.25, 0.3) is 0 Å². The van der Waals surface area contributed by atoms with E-state index in [1.807, 2.05) is 0 Å². The molecular formula is C56H109NO10. The van der Waals surface area contributed by atoms with Crippen molar-refractivity contribution in [2.75, 3.05) is 13.2 Å². The van der Waals surface area contributed by atoms with E-state index in [2.05, 4.69) is 31.3 Å². The van der Waals surface area contributed by atoms with Crippen LogP contribution >= 0.6 is 0 Å². The van der Waals surface area contributed by atoms with E-state index < -0.39 is 74.2 Å². The highest BCUT2D eigenvalue weighted by Crippen LogP contribution is 2.23. The third-order valence-corrected chi connectivity index (χ3v) is 14.1. The van der Waals surface area contributed by atoms with Crippen LogP contribution in [0.3, 0.4) is 0 Å². The third-order valence-electron chi connectivity index (χ3n) is 14.1. The lowest BCUT2D eigenvalue weighted by atomic mass is 9.98. The number of rotatable bonds is 49. The Balaban J connectivity index is 2.30. The predicted octanol–water partition coefficient (Wildman–Crippen LogP) is 11.6. The van der Waals surface area contributed by atoms with E-state index in [-0.39, 0.29) is 6.42 Å². The molecule has 1 amide bonds. The number of carbonyl (C=O) groups is 1. The first-order chi connectivity index (χ1) is 32.7. The van der Waals surface area contributed by atoms with Crippen molar-refractivity contribution in [1.82, 2.24) is 5.32 Å². The van der Waals surface area contributed by atoms with Gasteiger partial charge in [0.05, 0.1) is 25.4 Å². The molecule has 1 heterocycles. The van der Waals surface area contributed by atoms with Gasteiger partial charge >= 0.3 is 0 Å². The van der Waals surface area contributed by atoms with Crippen LogP contribution in [0.2, 0.25) is 0 Å². The number of allylic oxidation sites excluding steroid dienone is 2. The smallest absolute Gasteiger partial charge is 0.249 e. The minimum absolute atomic E-state index is 0.259. The van der Waals surface area contributed by atoms with Crippen molar-refractivity contribution in [2.24, 2.45) is 0 Å². The van der Waals surface area contributed by atoms with Gasteiger partial charge in [-0.1, -0.05) is 244 Å². The van der Waals surface area contributed by atoms with Gasteiger partial charge in [-0.25, -0.2) is 0 Å². The molecule has 0 bridgehead atoms. The first kappa shape index (κ1) is 63.9. The minimum Gasteiger partial charge on any atom is -0.394 e. The van der Waals surface area contributed by atoms with Gasteiger partial charge < -0.3 is 50.5 Å². The molecule has 9 unspecified atom stereocenters. The molecule has 0 aromatic rings. The summed E-state index contributed by atoms with van der Waals surface area (Å²) in [5.41, 5.74) is 0. The third kappa shape index (κ3) is 34.8. The summed E-state index contributed by atoms with van der Waals surface area (Å²) in [5.74, 6) is -0.695. The van der Waals surface area contributed by atoms with E-state index in [4.69, 9.17) is 9.47 Å². The molecule has 1 saturated heterocycles. The number of nitrogens with one attached hydrogen (secondary N) is 1. The summed E-state index contributed by atoms with van der Waals surface area (Å²) >= 11 is 0. The molecule has 0 aromatic heterocycles. The molecule has 8 N–H and O–H groups in total. The van der Waals surface area contributed by atoms with Crippen LogP contribution in [0.4, 0.5) is 0 Å². The van der Waals surface area contributed by atoms with Crippen LogP contribution in [-0.4, -0.2) is 110 Å². The Morgan fingerprint density at radius 2 is 0.866 bits per heavy atom. The van der Waals surface area contributed by atoms with Crippen LogP contribution in [0.5, 0.6) is 0 Å². The molecule has 11 heteroatoms. The Bertz CT molecular complexity index is 1100. The second-order valence-electron chi connectivity index (χ2n) is 20.4. The quantitative estimate of drug-likeness (QED) is 0.0215. The molecule has 1 aliphatic heterocycles. The van der Waals surface area contributed by atoms with Gasteiger partial charge in [0.2, 0.25) is 5.91 Å². The summed E-state index contributed by atoms with van der Waals surface area (Å²) in [6.07, 6.45) is 41.2. The number of unbranched alkanes of at least 4 members (excludes halogenated alkanes) is 35. The summed E-state index contributed by atoms with van der Waals surface area (Å²) in [6, 6.07) is -1.17. The molecule has 9 atom stereocenters. The summed E-state index contributed by atoms with van der Waals surface area (Å²) in [6.45, 7) is 3.48. The molecule has 0 saturated carbocycles. The Hall–Kier alpha value is -1.15. The van der Waals surface area contributed by atoms with Gasteiger partial charge in [-0.15, -0.1) is 0 Å². The zero-order valence-electron chi connectivity index (χ0n) is 43.4. The van der Waals surface area contributed by atoms with E-state index in [1.54, 1.807) is 0 Å². The maximum Gasteiger partial charge on any atom is 0.249 e.